The van der Waals surface area contributed by atoms with Crippen molar-refractivity contribution in [3.05, 3.63) is 115 Å². The van der Waals surface area contributed by atoms with Crippen LogP contribution in [0.3, 0.4) is 0 Å². The third-order valence-electron chi connectivity index (χ3n) is 5.18. The van der Waals surface area contributed by atoms with E-state index < -0.39 is 0 Å². The third-order valence-corrected chi connectivity index (χ3v) is 5.18. The van der Waals surface area contributed by atoms with E-state index in [1.807, 2.05) is 42.6 Å². The Hall–Kier alpha value is -3.78. The number of aromatic nitrogens is 1. The zero-order valence-corrected chi connectivity index (χ0v) is 15.7. The van der Waals surface area contributed by atoms with Crippen molar-refractivity contribution in [1.29, 1.82) is 0 Å². The summed E-state index contributed by atoms with van der Waals surface area (Å²) in [5.74, 6) is -0.217. The molecule has 0 spiro atoms. The monoisotopic (exact) mass is 375 g/mol. The van der Waals surface area contributed by atoms with Crippen molar-refractivity contribution in [2.75, 3.05) is 0 Å². The Labute approximate surface area is 169 Å². The first-order valence-electron chi connectivity index (χ1n) is 9.58. The number of nitrogens with zero attached hydrogens (tertiary/aromatic N) is 1. The molecule has 0 N–H and O–H groups in total. The molecule has 5 aromatic rings. The first kappa shape index (κ1) is 17.3. The van der Waals surface area contributed by atoms with Gasteiger partial charge in [0.15, 0.2) is 0 Å². The van der Waals surface area contributed by atoms with E-state index in [0.717, 1.165) is 44.3 Å². The smallest absolute Gasteiger partial charge is 0.123 e. The fourth-order valence-electron chi connectivity index (χ4n) is 3.61. The number of hydrogen-bond acceptors (Lipinski definition) is 1. The molecule has 1 heterocycles. The van der Waals surface area contributed by atoms with E-state index in [1.165, 1.54) is 6.07 Å². The molecule has 1 aromatic heterocycles. The summed E-state index contributed by atoms with van der Waals surface area (Å²) in [5, 5.41) is 1.14. The molecule has 0 amide bonds. The molecule has 1 nitrogen and oxygen atoms in total. The van der Waals surface area contributed by atoms with Crippen LogP contribution in [-0.4, -0.2) is 4.98 Å². The molecule has 0 atom stereocenters. The molecular formula is C27H18FN. The first-order chi connectivity index (χ1) is 14.3. The van der Waals surface area contributed by atoms with E-state index in [9.17, 15) is 4.39 Å². The molecule has 0 aliphatic carbocycles. The molecule has 0 aliphatic heterocycles. The van der Waals surface area contributed by atoms with Crippen molar-refractivity contribution >= 4 is 10.9 Å². The van der Waals surface area contributed by atoms with Crippen LogP contribution < -0.4 is 0 Å². The molecule has 5 rings (SSSR count). The topological polar surface area (TPSA) is 12.9 Å². The van der Waals surface area contributed by atoms with Crippen LogP contribution in [0.1, 0.15) is 0 Å². The number of para-hydroxylation sites is 1. The Bertz CT molecular complexity index is 1290. The molecule has 0 aliphatic rings. The summed E-state index contributed by atoms with van der Waals surface area (Å²) in [4.78, 5) is 4.56. The maximum absolute atomic E-state index is 13.5. The standard InChI is InChI=1S/C27H18FN/c28-26-6-3-5-23(17-26)21-12-8-19(9-13-21)20-10-14-22(15-11-20)25-16-24-4-1-2-7-27(24)29-18-25/h1-18H. The fourth-order valence-corrected chi connectivity index (χ4v) is 3.61. The van der Waals surface area contributed by atoms with Gasteiger partial charge in [0.05, 0.1) is 5.52 Å². The Morgan fingerprint density at radius 3 is 1.72 bits per heavy atom. The summed E-state index contributed by atoms with van der Waals surface area (Å²) in [6.45, 7) is 0. The average Bonchev–Trinajstić information content (AvgIpc) is 2.79. The maximum atomic E-state index is 13.5. The summed E-state index contributed by atoms with van der Waals surface area (Å²) in [7, 11) is 0. The van der Waals surface area contributed by atoms with Crippen molar-refractivity contribution in [3.63, 3.8) is 0 Å². The van der Waals surface area contributed by atoms with Crippen LogP contribution in [0.5, 0.6) is 0 Å². The number of hydrogen-bond donors (Lipinski definition) is 0. The lowest BCUT2D eigenvalue weighted by Crippen LogP contribution is -1.84. The van der Waals surface area contributed by atoms with Crippen molar-refractivity contribution < 1.29 is 4.39 Å². The highest BCUT2D eigenvalue weighted by Gasteiger charge is 2.04. The highest BCUT2D eigenvalue weighted by atomic mass is 19.1. The lowest BCUT2D eigenvalue weighted by Gasteiger charge is -2.07. The molecular weight excluding hydrogens is 357 g/mol. The minimum absolute atomic E-state index is 0.217. The Kier molecular flexibility index (Phi) is 4.38. The zero-order valence-electron chi connectivity index (χ0n) is 15.7. The minimum atomic E-state index is -0.217. The highest BCUT2D eigenvalue weighted by molar-refractivity contribution is 5.84. The van der Waals surface area contributed by atoms with Crippen molar-refractivity contribution in [2.45, 2.75) is 0 Å². The fraction of sp³-hybridized carbons (Fsp3) is 0. The summed E-state index contributed by atoms with van der Waals surface area (Å²) in [6, 6.07) is 33.7. The van der Waals surface area contributed by atoms with Gasteiger partial charge in [0.1, 0.15) is 5.82 Å². The first-order valence-corrected chi connectivity index (χ1v) is 9.58. The number of pyridine rings is 1. The van der Waals surface area contributed by atoms with Crippen molar-refractivity contribution in [1.82, 2.24) is 4.98 Å². The molecule has 4 aromatic carbocycles. The van der Waals surface area contributed by atoms with Crippen LogP contribution in [0, 0.1) is 5.82 Å². The highest BCUT2D eigenvalue weighted by Crippen LogP contribution is 2.28. The number of rotatable bonds is 3. The second-order valence-corrected chi connectivity index (χ2v) is 7.08. The van der Waals surface area contributed by atoms with Crippen molar-refractivity contribution in [3.8, 4) is 33.4 Å². The average molecular weight is 375 g/mol. The molecule has 2 heteroatoms. The van der Waals surface area contributed by atoms with Gasteiger partial charge in [-0.1, -0.05) is 78.9 Å². The van der Waals surface area contributed by atoms with E-state index in [2.05, 4.69) is 53.5 Å². The lowest BCUT2D eigenvalue weighted by molar-refractivity contribution is 0.628. The SMILES string of the molecule is Fc1cccc(-c2ccc(-c3ccc(-c4cnc5ccccc5c4)cc3)cc2)c1. The third kappa shape index (κ3) is 3.53. The van der Waals surface area contributed by atoms with E-state index in [-0.39, 0.29) is 5.82 Å². The molecule has 0 bridgehead atoms. The number of fused-ring (bicyclic) bond motifs is 1. The van der Waals surface area contributed by atoms with Gasteiger partial charge >= 0.3 is 0 Å². The predicted molar refractivity (Wildman–Crippen MR) is 118 cm³/mol. The number of halogens is 1. The van der Waals surface area contributed by atoms with Gasteiger partial charge in [0, 0.05) is 17.1 Å². The predicted octanol–water partition coefficient (Wildman–Crippen LogP) is 7.37. The number of benzene rings is 4. The Balaban J connectivity index is 1.42. The van der Waals surface area contributed by atoms with Gasteiger partial charge in [-0.05, 0) is 52.1 Å². The van der Waals surface area contributed by atoms with Gasteiger partial charge in [0.2, 0.25) is 0 Å². The van der Waals surface area contributed by atoms with E-state index >= 15 is 0 Å². The maximum Gasteiger partial charge on any atom is 0.123 e. The quantitative estimate of drug-likeness (QED) is 0.321. The molecule has 138 valence electrons. The van der Waals surface area contributed by atoms with E-state index in [1.54, 1.807) is 12.1 Å². The Morgan fingerprint density at radius 1 is 0.483 bits per heavy atom. The molecule has 0 radical (unpaired) electrons. The van der Waals surface area contributed by atoms with Crippen LogP contribution in [0.4, 0.5) is 4.39 Å². The molecule has 0 unspecified atom stereocenters. The second kappa shape index (κ2) is 7.33. The van der Waals surface area contributed by atoms with Gasteiger partial charge in [-0.2, -0.15) is 0 Å². The van der Waals surface area contributed by atoms with E-state index in [4.69, 9.17) is 0 Å². The van der Waals surface area contributed by atoms with Gasteiger partial charge in [-0.3, -0.25) is 4.98 Å². The lowest BCUT2D eigenvalue weighted by atomic mass is 9.98. The summed E-state index contributed by atoms with van der Waals surface area (Å²) in [5.41, 5.74) is 7.43. The second-order valence-electron chi connectivity index (χ2n) is 7.08. The summed E-state index contributed by atoms with van der Waals surface area (Å²) < 4.78 is 13.5. The van der Waals surface area contributed by atoms with Gasteiger partial charge in [-0.25, -0.2) is 4.39 Å². The molecule has 0 fully saturated rings. The summed E-state index contributed by atoms with van der Waals surface area (Å²) in [6.07, 6.45) is 1.92. The van der Waals surface area contributed by atoms with E-state index in [0.29, 0.717) is 0 Å². The van der Waals surface area contributed by atoms with Crippen LogP contribution in [0.15, 0.2) is 109 Å². The zero-order chi connectivity index (χ0) is 19.6. The van der Waals surface area contributed by atoms with Gasteiger partial charge < -0.3 is 0 Å². The van der Waals surface area contributed by atoms with Gasteiger partial charge in [0.25, 0.3) is 0 Å². The Morgan fingerprint density at radius 2 is 1.07 bits per heavy atom. The van der Waals surface area contributed by atoms with Crippen molar-refractivity contribution in [2.24, 2.45) is 0 Å². The van der Waals surface area contributed by atoms with Crippen LogP contribution in [0.2, 0.25) is 0 Å². The molecule has 0 saturated heterocycles. The summed E-state index contributed by atoms with van der Waals surface area (Å²) >= 11 is 0. The largest absolute Gasteiger partial charge is 0.256 e. The normalized spacial score (nSPS) is 10.9. The minimum Gasteiger partial charge on any atom is -0.256 e. The van der Waals surface area contributed by atoms with Gasteiger partial charge in [-0.15, -0.1) is 0 Å². The molecule has 0 saturated carbocycles. The van der Waals surface area contributed by atoms with Crippen LogP contribution >= 0.6 is 0 Å². The van der Waals surface area contributed by atoms with Crippen LogP contribution in [0.25, 0.3) is 44.3 Å². The molecule has 29 heavy (non-hydrogen) atoms. The van der Waals surface area contributed by atoms with Crippen LogP contribution in [-0.2, 0) is 0 Å².